The smallest absolute Gasteiger partial charge is 0.370 e. The Morgan fingerprint density at radius 1 is 1.35 bits per heavy atom. The Morgan fingerprint density at radius 2 is 1.95 bits per heavy atom. The monoisotopic (exact) mass is 294 g/mol. The number of nitrogens with zero attached hydrogens (tertiary/aromatic N) is 2. The highest BCUT2D eigenvalue weighted by Gasteiger charge is 2.27. The van der Waals surface area contributed by atoms with Crippen LogP contribution in [0, 0.1) is 0 Å². The van der Waals surface area contributed by atoms with Crippen LogP contribution in [0.15, 0.2) is 15.8 Å². The van der Waals surface area contributed by atoms with Gasteiger partial charge in [-0.3, -0.25) is 18.7 Å². The van der Waals surface area contributed by atoms with Crippen molar-refractivity contribution in [2.75, 3.05) is 13.2 Å². The SMILES string of the molecule is CC(=O)c1cn(CCOCC(F)(F)F)c(=O)n(C)c1=O. The van der Waals surface area contributed by atoms with Crippen LogP contribution in [0.3, 0.4) is 0 Å². The Morgan fingerprint density at radius 3 is 2.45 bits per heavy atom. The molecule has 0 bridgehead atoms. The van der Waals surface area contributed by atoms with Gasteiger partial charge < -0.3 is 4.74 Å². The molecule has 0 amide bonds. The number of rotatable bonds is 5. The number of carbonyl (C=O) groups is 1. The van der Waals surface area contributed by atoms with Crippen molar-refractivity contribution in [3.05, 3.63) is 32.6 Å². The molecule has 0 aromatic carbocycles. The number of ether oxygens (including phenoxy) is 1. The van der Waals surface area contributed by atoms with Gasteiger partial charge in [-0.05, 0) is 6.92 Å². The first-order valence-corrected chi connectivity index (χ1v) is 5.59. The second-order valence-corrected chi connectivity index (χ2v) is 4.11. The number of aromatic nitrogens is 2. The van der Waals surface area contributed by atoms with Crippen molar-refractivity contribution in [3.63, 3.8) is 0 Å². The second kappa shape index (κ2) is 6.04. The topological polar surface area (TPSA) is 70.3 Å². The standard InChI is InChI=1S/C11H13F3N2O4/c1-7(17)8-5-16(10(19)15(2)9(8)18)3-4-20-6-11(12,13)14/h5H,3-4,6H2,1-2H3. The van der Waals surface area contributed by atoms with Gasteiger partial charge in [-0.1, -0.05) is 0 Å². The average molecular weight is 294 g/mol. The largest absolute Gasteiger partial charge is 0.411 e. The summed E-state index contributed by atoms with van der Waals surface area (Å²) in [7, 11) is 1.18. The van der Waals surface area contributed by atoms with Crippen LogP contribution in [0.1, 0.15) is 17.3 Å². The maximum absolute atomic E-state index is 11.9. The van der Waals surface area contributed by atoms with Crippen molar-refractivity contribution in [2.45, 2.75) is 19.6 Å². The third kappa shape index (κ3) is 4.05. The van der Waals surface area contributed by atoms with Crippen LogP contribution >= 0.6 is 0 Å². The summed E-state index contributed by atoms with van der Waals surface area (Å²) in [6.45, 7) is -0.822. The first-order valence-electron chi connectivity index (χ1n) is 5.59. The predicted molar refractivity (Wildman–Crippen MR) is 62.8 cm³/mol. The molecule has 0 aliphatic heterocycles. The quantitative estimate of drug-likeness (QED) is 0.579. The lowest BCUT2D eigenvalue weighted by atomic mass is 10.2. The number of ketones is 1. The van der Waals surface area contributed by atoms with Gasteiger partial charge in [0.15, 0.2) is 5.78 Å². The van der Waals surface area contributed by atoms with E-state index in [0.717, 1.165) is 22.3 Å². The van der Waals surface area contributed by atoms with Crippen LogP contribution in [-0.2, 0) is 18.3 Å². The minimum atomic E-state index is -4.45. The number of alkyl halides is 3. The van der Waals surface area contributed by atoms with E-state index in [-0.39, 0.29) is 18.7 Å². The molecule has 1 aromatic heterocycles. The molecule has 0 radical (unpaired) electrons. The van der Waals surface area contributed by atoms with E-state index in [0.29, 0.717) is 0 Å². The van der Waals surface area contributed by atoms with E-state index in [1.807, 2.05) is 0 Å². The van der Waals surface area contributed by atoms with Crippen LogP contribution in [0.2, 0.25) is 0 Å². The van der Waals surface area contributed by atoms with Crippen molar-refractivity contribution < 1.29 is 22.7 Å². The van der Waals surface area contributed by atoms with E-state index in [4.69, 9.17) is 0 Å². The highest BCUT2D eigenvalue weighted by Crippen LogP contribution is 2.14. The van der Waals surface area contributed by atoms with E-state index in [1.54, 1.807) is 0 Å². The van der Waals surface area contributed by atoms with E-state index in [2.05, 4.69) is 4.74 Å². The van der Waals surface area contributed by atoms with Crippen LogP contribution in [0.4, 0.5) is 13.2 Å². The number of halogens is 3. The fraction of sp³-hybridized carbons (Fsp3) is 0.545. The summed E-state index contributed by atoms with van der Waals surface area (Å²) in [5.74, 6) is -0.532. The van der Waals surface area contributed by atoms with Gasteiger partial charge in [0.05, 0.1) is 18.7 Å². The van der Waals surface area contributed by atoms with Gasteiger partial charge in [-0.25, -0.2) is 4.79 Å². The van der Waals surface area contributed by atoms with Crippen molar-refractivity contribution in [1.82, 2.24) is 9.13 Å². The Bertz CT molecular complexity index is 616. The predicted octanol–water partition coefficient (Wildman–Crippen LogP) is 0.329. The van der Waals surface area contributed by atoms with Gasteiger partial charge >= 0.3 is 11.9 Å². The third-order valence-electron chi connectivity index (χ3n) is 2.47. The van der Waals surface area contributed by atoms with Crippen molar-refractivity contribution in [2.24, 2.45) is 7.05 Å². The molecule has 1 aromatic rings. The number of Topliss-reactive ketones (excluding diaryl/α,β-unsaturated/α-hetero) is 1. The lowest BCUT2D eigenvalue weighted by molar-refractivity contribution is -0.174. The molecule has 0 fully saturated rings. The molecule has 0 atom stereocenters. The third-order valence-corrected chi connectivity index (χ3v) is 2.47. The molecular formula is C11H13F3N2O4. The van der Waals surface area contributed by atoms with Crippen molar-refractivity contribution in [1.29, 1.82) is 0 Å². The number of hydrogen-bond acceptors (Lipinski definition) is 4. The zero-order valence-corrected chi connectivity index (χ0v) is 10.9. The first-order chi connectivity index (χ1) is 9.13. The summed E-state index contributed by atoms with van der Waals surface area (Å²) < 4.78 is 41.7. The summed E-state index contributed by atoms with van der Waals surface area (Å²) in [6.07, 6.45) is -3.41. The minimum absolute atomic E-state index is 0.191. The summed E-state index contributed by atoms with van der Waals surface area (Å²) in [4.78, 5) is 34.5. The van der Waals surface area contributed by atoms with Crippen LogP contribution in [0.25, 0.3) is 0 Å². The fourth-order valence-electron chi connectivity index (χ4n) is 1.48. The minimum Gasteiger partial charge on any atom is -0.370 e. The highest BCUT2D eigenvalue weighted by atomic mass is 19.4. The van der Waals surface area contributed by atoms with Gasteiger partial charge in [-0.2, -0.15) is 13.2 Å². The summed E-state index contributed by atoms with van der Waals surface area (Å²) in [6, 6.07) is 0. The normalized spacial score (nSPS) is 11.7. The molecule has 112 valence electrons. The molecule has 0 spiro atoms. The lowest BCUT2D eigenvalue weighted by Gasteiger charge is -2.11. The Hall–Kier alpha value is -1.90. The molecule has 0 unspecified atom stereocenters. The van der Waals surface area contributed by atoms with Crippen molar-refractivity contribution in [3.8, 4) is 0 Å². The zero-order chi connectivity index (χ0) is 15.5. The van der Waals surface area contributed by atoms with Crippen LogP contribution < -0.4 is 11.2 Å². The zero-order valence-electron chi connectivity index (χ0n) is 10.9. The lowest BCUT2D eigenvalue weighted by Crippen LogP contribution is -2.41. The van der Waals surface area contributed by atoms with Crippen molar-refractivity contribution >= 4 is 5.78 Å². The van der Waals surface area contributed by atoms with E-state index >= 15 is 0 Å². The van der Waals surface area contributed by atoms with Gasteiger partial charge in [0.25, 0.3) is 5.56 Å². The van der Waals surface area contributed by atoms with Gasteiger partial charge in [-0.15, -0.1) is 0 Å². The van der Waals surface area contributed by atoms with Crippen LogP contribution in [-0.4, -0.2) is 34.3 Å². The molecule has 1 rings (SSSR count). The van der Waals surface area contributed by atoms with E-state index in [9.17, 15) is 27.6 Å². The van der Waals surface area contributed by atoms with E-state index < -0.39 is 29.8 Å². The molecular weight excluding hydrogens is 281 g/mol. The number of carbonyl (C=O) groups excluding carboxylic acids is 1. The fourth-order valence-corrected chi connectivity index (χ4v) is 1.48. The second-order valence-electron chi connectivity index (χ2n) is 4.11. The van der Waals surface area contributed by atoms with E-state index in [1.165, 1.54) is 7.05 Å². The Balaban J connectivity index is 2.89. The molecule has 6 nitrogen and oxygen atoms in total. The molecule has 1 heterocycles. The summed E-state index contributed by atoms with van der Waals surface area (Å²) in [5.41, 5.74) is -1.67. The summed E-state index contributed by atoms with van der Waals surface area (Å²) >= 11 is 0. The molecule has 0 saturated heterocycles. The molecule has 20 heavy (non-hydrogen) atoms. The Kier molecular flexibility index (Phi) is 4.88. The average Bonchev–Trinajstić information content (AvgIpc) is 2.32. The molecule has 0 aliphatic rings. The molecule has 9 heteroatoms. The maximum atomic E-state index is 11.9. The van der Waals surface area contributed by atoms with Gasteiger partial charge in [0.2, 0.25) is 0 Å². The van der Waals surface area contributed by atoms with Gasteiger partial charge in [0.1, 0.15) is 6.61 Å². The number of hydrogen-bond donors (Lipinski definition) is 0. The molecule has 0 saturated carbocycles. The van der Waals surface area contributed by atoms with Crippen LogP contribution in [0.5, 0.6) is 0 Å². The highest BCUT2D eigenvalue weighted by molar-refractivity contribution is 5.93. The first kappa shape index (κ1) is 16.2. The Labute approximate surface area is 111 Å². The van der Waals surface area contributed by atoms with Gasteiger partial charge in [0, 0.05) is 13.2 Å². The summed E-state index contributed by atoms with van der Waals surface area (Å²) in [5, 5.41) is 0. The maximum Gasteiger partial charge on any atom is 0.411 e. The molecule has 0 N–H and O–H groups in total. The molecule has 0 aliphatic carbocycles.